The summed E-state index contributed by atoms with van der Waals surface area (Å²) in [6, 6.07) is 10.9. The van der Waals surface area contributed by atoms with Gasteiger partial charge in [-0.05, 0) is 50.6 Å². The van der Waals surface area contributed by atoms with Crippen LogP contribution in [0.15, 0.2) is 30.3 Å². The van der Waals surface area contributed by atoms with Crippen LogP contribution < -0.4 is 5.32 Å². The molecule has 1 aromatic rings. The van der Waals surface area contributed by atoms with E-state index in [-0.39, 0.29) is 11.7 Å². The first-order valence-corrected chi connectivity index (χ1v) is 8.17. The van der Waals surface area contributed by atoms with E-state index in [0.717, 1.165) is 13.0 Å². The molecule has 1 saturated carbocycles. The molecule has 0 bridgehead atoms. The third-order valence-electron chi connectivity index (χ3n) is 5.35. The fraction of sp³-hybridized carbons (Fsp3) is 0.667. The summed E-state index contributed by atoms with van der Waals surface area (Å²) in [5.74, 6) is 0.620. The number of nitrogens with one attached hydrogen (secondary N) is 1. The molecule has 1 aromatic carbocycles. The van der Waals surface area contributed by atoms with Crippen molar-refractivity contribution >= 4 is 0 Å². The van der Waals surface area contributed by atoms with Gasteiger partial charge in [0.2, 0.25) is 0 Å². The fourth-order valence-electron chi connectivity index (χ4n) is 4.06. The molecule has 21 heavy (non-hydrogen) atoms. The van der Waals surface area contributed by atoms with Crippen LogP contribution in [0.3, 0.4) is 0 Å². The predicted molar refractivity (Wildman–Crippen MR) is 84.3 cm³/mol. The van der Waals surface area contributed by atoms with E-state index >= 15 is 0 Å². The second-order valence-electron chi connectivity index (χ2n) is 6.52. The van der Waals surface area contributed by atoms with Crippen molar-refractivity contribution < 1.29 is 9.47 Å². The largest absolute Gasteiger partial charge is 0.375 e. The van der Waals surface area contributed by atoms with Crippen molar-refractivity contribution in [2.24, 2.45) is 5.92 Å². The van der Waals surface area contributed by atoms with Gasteiger partial charge in [-0.25, -0.2) is 0 Å². The standard InChI is InChI=1S/C18H27NO2/c1-19-16(17(20-2)14-7-4-3-5-8-14)15-9-12-21-18(13-15)10-6-11-18/h3-5,7-8,15-17,19H,6,9-13H2,1-2H3. The maximum absolute atomic E-state index is 6.08. The van der Waals surface area contributed by atoms with Crippen LogP contribution in [0.25, 0.3) is 0 Å². The van der Waals surface area contributed by atoms with E-state index < -0.39 is 0 Å². The van der Waals surface area contributed by atoms with E-state index in [1.54, 1.807) is 0 Å². The van der Waals surface area contributed by atoms with Crippen LogP contribution in [0.1, 0.15) is 43.8 Å². The normalized spacial score (nSPS) is 27.0. The first-order valence-electron chi connectivity index (χ1n) is 8.17. The lowest BCUT2D eigenvalue weighted by Gasteiger charge is -2.49. The Kier molecular flexibility index (Phi) is 4.63. The Morgan fingerprint density at radius 3 is 2.62 bits per heavy atom. The number of likely N-dealkylation sites (N-methyl/N-ethyl adjacent to an activating group) is 1. The molecule has 0 amide bonds. The molecule has 0 aromatic heterocycles. The quantitative estimate of drug-likeness (QED) is 0.902. The van der Waals surface area contributed by atoms with E-state index in [4.69, 9.17) is 9.47 Å². The van der Waals surface area contributed by atoms with Crippen molar-refractivity contribution in [3.63, 3.8) is 0 Å². The van der Waals surface area contributed by atoms with Crippen LogP contribution in [-0.2, 0) is 9.47 Å². The van der Waals surface area contributed by atoms with E-state index in [9.17, 15) is 0 Å². The van der Waals surface area contributed by atoms with E-state index in [2.05, 4.69) is 42.7 Å². The maximum atomic E-state index is 6.08. The highest BCUT2D eigenvalue weighted by molar-refractivity contribution is 5.20. The molecule has 3 atom stereocenters. The van der Waals surface area contributed by atoms with Crippen molar-refractivity contribution in [3.05, 3.63) is 35.9 Å². The molecule has 3 heteroatoms. The third kappa shape index (κ3) is 3.01. The molecular formula is C18H27NO2. The highest BCUT2D eigenvalue weighted by atomic mass is 16.5. The van der Waals surface area contributed by atoms with Gasteiger partial charge in [0.05, 0.1) is 11.7 Å². The minimum atomic E-state index is 0.108. The number of hydrogen-bond donors (Lipinski definition) is 1. The van der Waals surface area contributed by atoms with Crippen molar-refractivity contribution in [2.75, 3.05) is 20.8 Å². The number of hydrogen-bond acceptors (Lipinski definition) is 3. The number of ether oxygens (including phenoxy) is 2. The Morgan fingerprint density at radius 1 is 1.29 bits per heavy atom. The van der Waals surface area contributed by atoms with Crippen LogP contribution in [0.5, 0.6) is 0 Å². The van der Waals surface area contributed by atoms with E-state index in [0.29, 0.717) is 12.0 Å². The minimum Gasteiger partial charge on any atom is -0.375 e. The zero-order valence-electron chi connectivity index (χ0n) is 13.2. The molecule has 0 radical (unpaired) electrons. The van der Waals surface area contributed by atoms with Crippen LogP contribution >= 0.6 is 0 Å². The smallest absolute Gasteiger partial charge is 0.0976 e. The van der Waals surface area contributed by atoms with Gasteiger partial charge in [-0.15, -0.1) is 0 Å². The first kappa shape index (κ1) is 15.0. The summed E-state index contributed by atoms with van der Waals surface area (Å²) >= 11 is 0. The number of benzene rings is 1. The molecule has 1 heterocycles. The van der Waals surface area contributed by atoms with Crippen molar-refractivity contribution in [2.45, 2.75) is 49.9 Å². The summed E-state index contributed by atoms with van der Waals surface area (Å²) < 4.78 is 11.9. The molecule has 1 N–H and O–H groups in total. The Balaban J connectivity index is 1.76. The van der Waals surface area contributed by atoms with E-state index in [1.807, 2.05) is 7.11 Å². The summed E-state index contributed by atoms with van der Waals surface area (Å²) in [7, 11) is 3.88. The first-order chi connectivity index (χ1) is 10.3. The van der Waals surface area contributed by atoms with Gasteiger partial charge in [0, 0.05) is 19.8 Å². The summed E-state index contributed by atoms with van der Waals surface area (Å²) in [5, 5.41) is 3.53. The molecule has 2 aliphatic rings. The monoisotopic (exact) mass is 289 g/mol. The Bertz CT molecular complexity index is 444. The topological polar surface area (TPSA) is 30.5 Å². The Hall–Kier alpha value is -0.900. The SMILES string of the molecule is CNC(C1CCOC2(CCC2)C1)C(OC)c1ccccc1. The fourth-order valence-corrected chi connectivity index (χ4v) is 4.06. The minimum absolute atomic E-state index is 0.108. The second kappa shape index (κ2) is 6.47. The van der Waals surface area contributed by atoms with Crippen LogP contribution in [-0.4, -0.2) is 32.4 Å². The van der Waals surface area contributed by atoms with Crippen LogP contribution in [0.4, 0.5) is 0 Å². The van der Waals surface area contributed by atoms with Gasteiger partial charge in [0.1, 0.15) is 0 Å². The van der Waals surface area contributed by atoms with Crippen LogP contribution in [0, 0.1) is 5.92 Å². The lowest BCUT2D eigenvalue weighted by molar-refractivity contribution is -0.152. The molecule has 3 nitrogen and oxygen atoms in total. The lowest BCUT2D eigenvalue weighted by Crippen LogP contribution is -2.51. The molecule has 3 rings (SSSR count). The number of rotatable bonds is 5. The molecular weight excluding hydrogens is 262 g/mol. The second-order valence-corrected chi connectivity index (χ2v) is 6.52. The Morgan fingerprint density at radius 2 is 2.05 bits per heavy atom. The summed E-state index contributed by atoms with van der Waals surface area (Å²) in [6.07, 6.45) is 6.21. The summed E-state index contributed by atoms with van der Waals surface area (Å²) in [6.45, 7) is 0.897. The van der Waals surface area contributed by atoms with Gasteiger partial charge in [-0.2, -0.15) is 0 Å². The van der Waals surface area contributed by atoms with Crippen molar-refractivity contribution in [1.29, 1.82) is 0 Å². The van der Waals surface area contributed by atoms with Gasteiger partial charge < -0.3 is 14.8 Å². The van der Waals surface area contributed by atoms with Gasteiger partial charge in [0.15, 0.2) is 0 Å². The summed E-state index contributed by atoms with van der Waals surface area (Å²) in [5.41, 5.74) is 1.45. The van der Waals surface area contributed by atoms with Gasteiger partial charge in [-0.1, -0.05) is 30.3 Å². The van der Waals surface area contributed by atoms with Crippen molar-refractivity contribution in [3.8, 4) is 0 Å². The van der Waals surface area contributed by atoms with Gasteiger partial charge in [-0.3, -0.25) is 0 Å². The number of methoxy groups -OCH3 is 1. The molecule has 2 fully saturated rings. The summed E-state index contributed by atoms with van der Waals surface area (Å²) in [4.78, 5) is 0. The average molecular weight is 289 g/mol. The molecule has 1 saturated heterocycles. The molecule has 1 spiro atoms. The maximum Gasteiger partial charge on any atom is 0.0976 e. The van der Waals surface area contributed by atoms with Gasteiger partial charge >= 0.3 is 0 Å². The zero-order chi connectivity index (χ0) is 14.7. The molecule has 116 valence electrons. The lowest BCUT2D eigenvalue weighted by atomic mass is 9.69. The molecule has 1 aliphatic heterocycles. The average Bonchev–Trinajstić information content (AvgIpc) is 2.52. The molecule has 1 aliphatic carbocycles. The van der Waals surface area contributed by atoms with Gasteiger partial charge in [0.25, 0.3) is 0 Å². The third-order valence-corrected chi connectivity index (χ3v) is 5.35. The van der Waals surface area contributed by atoms with E-state index in [1.165, 1.54) is 31.2 Å². The molecule has 3 unspecified atom stereocenters. The highest BCUT2D eigenvalue weighted by Gasteiger charge is 2.45. The zero-order valence-corrected chi connectivity index (χ0v) is 13.2. The highest BCUT2D eigenvalue weighted by Crippen LogP contribution is 2.46. The van der Waals surface area contributed by atoms with Crippen LogP contribution in [0.2, 0.25) is 0 Å². The Labute approximate surface area is 128 Å². The predicted octanol–water partition coefficient (Wildman–Crippen LogP) is 3.31. The van der Waals surface area contributed by atoms with Crippen molar-refractivity contribution in [1.82, 2.24) is 5.32 Å².